The van der Waals surface area contributed by atoms with Gasteiger partial charge in [-0.1, -0.05) is 41.6 Å². The van der Waals surface area contributed by atoms with E-state index in [0.717, 1.165) is 12.8 Å². The van der Waals surface area contributed by atoms with Crippen molar-refractivity contribution in [3.8, 4) is 11.8 Å². The van der Waals surface area contributed by atoms with Crippen molar-refractivity contribution < 1.29 is 9.53 Å². The molecule has 1 saturated carbocycles. The molecule has 1 N–H and O–H groups in total. The van der Waals surface area contributed by atoms with Crippen LogP contribution < -0.4 is 10.1 Å². The lowest BCUT2D eigenvalue weighted by Gasteiger charge is -2.14. The number of anilines is 1. The zero-order valence-electron chi connectivity index (χ0n) is 16.8. The fourth-order valence-corrected chi connectivity index (χ4v) is 4.14. The fraction of sp³-hybridized carbons (Fsp3) is 0.273. The number of thioether (sulfide) groups is 1. The number of amides is 1. The zero-order valence-corrected chi connectivity index (χ0v) is 18.4. The highest BCUT2D eigenvalue weighted by atomic mass is 35.5. The highest BCUT2D eigenvalue weighted by Crippen LogP contribution is 2.40. The number of halogens is 1. The van der Waals surface area contributed by atoms with Crippen LogP contribution >= 0.6 is 23.4 Å². The number of carbonyl (C=O) groups excluding carboxylic acids is 1. The van der Waals surface area contributed by atoms with Crippen molar-refractivity contribution in [3.05, 3.63) is 64.9 Å². The Bertz CT molecular complexity index is 1140. The number of carbonyl (C=O) groups is 1. The molecule has 158 valence electrons. The number of hydrogen-bond acceptors (Lipinski definition) is 6. The summed E-state index contributed by atoms with van der Waals surface area (Å²) in [5.41, 5.74) is 1.09. The predicted molar refractivity (Wildman–Crippen MR) is 119 cm³/mol. The van der Waals surface area contributed by atoms with Gasteiger partial charge in [0.25, 0.3) is 0 Å². The van der Waals surface area contributed by atoms with Gasteiger partial charge in [-0.15, -0.1) is 10.2 Å². The van der Waals surface area contributed by atoms with Crippen molar-refractivity contribution in [3.63, 3.8) is 0 Å². The van der Waals surface area contributed by atoms with Crippen LogP contribution in [0.15, 0.2) is 53.7 Å². The summed E-state index contributed by atoms with van der Waals surface area (Å²) in [5, 5.41) is 21.3. The van der Waals surface area contributed by atoms with E-state index in [1.807, 2.05) is 25.1 Å². The Morgan fingerprint density at radius 3 is 2.87 bits per heavy atom. The molecular weight excluding hydrogens is 434 g/mol. The summed E-state index contributed by atoms with van der Waals surface area (Å²) in [5.74, 6) is 1.13. The van der Waals surface area contributed by atoms with E-state index < -0.39 is 5.25 Å². The van der Waals surface area contributed by atoms with Crippen LogP contribution in [-0.2, 0) is 11.4 Å². The van der Waals surface area contributed by atoms with Crippen molar-refractivity contribution in [1.29, 1.82) is 5.26 Å². The molecule has 0 bridgehead atoms. The molecule has 1 aliphatic carbocycles. The Balaban J connectivity index is 1.44. The summed E-state index contributed by atoms with van der Waals surface area (Å²) in [7, 11) is 0. The molecule has 1 fully saturated rings. The van der Waals surface area contributed by atoms with E-state index in [1.165, 1.54) is 11.8 Å². The van der Waals surface area contributed by atoms with E-state index >= 15 is 0 Å². The van der Waals surface area contributed by atoms with E-state index in [0.29, 0.717) is 39.0 Å². The van der Waals surface area contributed by atoms with Crippen LogP contribution in [0.4, 0.5) is 5.69 Å². The molecule has 1 amide bonds. The molecule has 4 rings (SSSR count). The molecule has 9 heteroatoms. The number of para-hydroxylation sites is 1. The van der Waals surface area contributed by atoms with Gasteiger partial charge >= 0.3 is 0 Å². The minimum Gasteiger partial charge on any atom is -0.484 e. The van der Waals surface area contributed by atoms with E-state index in [4.69, 9.17) is 21.6 Å². The van der Waals surface area contributed by atoms with Crippen LogP contribution in [0.1, 0.15) is 37.2 Å². The maximum absolute atomic E-state index is 12.7. The van der Waals surface area contributed by atoms with Crippen LogP contribution in [0.5, 0.6) is 5.75 Å². The van der Waals surface area contributed by atoms with Gasteiger partial charge in [-0.25, -0.2) is 0 Å². The van der Waals surface area contributed by atoms with Gasteiger partial charge < -0.3 is 10.1 Å². The molecule has 3 aromatic rings. The average molecular weight is 454 g/mol. The maximum atomic E-state index is 12.7. The number of benzene rings is 2. The molecule has 1 heterocycles. The standard InChI is InChI=1S/C22H20ClN5O2S/c1-14(21(29)25-16-6-4-5-15(11-16)12-24)31-22-27-26-20(28(22)17-9-10-17)13-30-19-8-3-2-7-18(19)23/h2-8,11,14,17H,9-10,13H2,1H3,(H,25,29). The highest BCUT2D eigenvalue weighted by Gasteiger charge is 2.31. The summed E-state index contributed by atoms with van der Waals surface area (Å²) in [6.45, 7) is 2.06. The van der Waals surface area contributed by atoms with Crippen molar-refractivity contribution in [2.24, 2.45) is 0 Å². The molecule has 31 heavy (non-hydrogen) atoms. The van der Waals surface area contributed by atoms with E-state index in [2.05, 4.69) is 26.2 Å². The number of ether oxygens (including phenoxy) is 1. The normalized spacial score (nSPS) is 14.0. The second-order valence-electron chi connectivity index (χ2n) is 7.16. The van der Waals surface area contributed by atoms with E-state index in [-0.39, 0.29) is 12.5 Å². The summed E-state index contributed by atoms with van der Waals surface area (Å²) in [4.78, 5) is 12.7. The van der Waals surface area contributed by atoms with Crippen molar-refractivity contribution in [1.82, 2.24) is 14.8 Å². The highest BCUT2D eigenvalue weighted by molar-refractivity contribution is 8.00. The van der Waals surface area contributed by atoms with Gasteiger partial charge in [0, 0.05) is 11.7 Å². The topological polar surface area (TPSA) is 92.8 Å². The minimum atomic E-state index is -0.398. The number of hydrogen-bond donors (Lipinski definition) is 1. The second kappa shape index (κ2) is 9.41. The molecule has 1 atom stereocenters. The predicted octanol–water partition coefficient (Wildman–Crippen LogP) is 4.84. The molecule has 7 nitrogen and oxygen atoms in total. The van der Waals surface area contributed by atoms with Gasteiger partial charge in [0.1, 0.15) is 12.4 Å². The molecule has 0 spiro atoms. The number of nitrogens with one attached hydrogen (secondary N) is 1. The summed E-state index contributed by atoms with van der Waals surface area (Å²) < 4.78 is 7.90. The monoisotopic (exact) mass is 453 g/mol. The van der Waals surface area contributed by atoms with Gasteiger partial charge in [0.05, 0.1) is 21.9 Å². The quantitative estimate of drug-likeness (QED) is 0.491. The Labute approximate surface area is 189 Å². The number of rotatable bonds is 8. The summed E-state index contributed by atoms with van der Waals surface area (Å²) in [6.07, 6.45) is 2.10. The Morgan fingerprint density at radius 2 is 2.13 bits per heavy atom. The third-order valence-corrected chi connectivity index (χ3v) is 6.12. The first-order chi connectivity index (χ1) is 15.0. The minimum absolute atomic E-state index is 0.167. The number of aromatic nitrogens is 3. The first-order valence-corrected chi connectivity index (χ1v) is 11.1. The van der Waals surface area contributed by atoms with E-state index in [1.54, 1.807) is 30.3 Å². The van der Waals surface area contributed by atoms with E-state index in [9.17, 15) is 4.79 Å². The van der Waals surface area contributed by atoms with Crippen molar-refractivity contribution in [2.75, 3.05) is 5.32 Å². The first kappa shape index (κ1) is 21.2. The van der Waals surface area contributed by atoms with Crippen LogP contribution in [0.2, 0.25) is 5.02 Å². The average Bonchev–Trinajstić information content (AvgIpc) is 3.54. The van der Waals surface area contributed by atoms with Gasteiger partial charge in [0.15, 0.2) is 11.0 Å². The Kier molecular flexibility index (Phi) is 6.44. The van der Waals surface area contributed by atoms with Gasteiger partial charge in [-0.2, -0.15) is 5.26 Å². The fourth-order valence-electron chi connectivity index (χ4n) is 3.01. The lowest BCUT2D eigenvalue weighted by Crippen LogP contribution is -2.23. The van der Waals surface area contributed by atoms with Crippen LogP contribution in [-0.4, -0.2) is 25.9 Å². The zero-order chi connectivity index (χ0) is 21.8. The molecule has 1 unspecified atom stereocenters. The molecule has 2 aromatic carbocycles. The lowest BCUT2D eigenvalue weighted by molar-refractivity contribution is -0.115. The molecular formula is C22H20ClN5O2S. The largest absolute Gasteiger partial charge is 0.484 e. The summed E-state index contributed by atoms with van der Waals surface area (Å²) >= 11 is 7.52. The van der Waals surface area contributed by atoms with Crippen LogP contribution in [0, 0.1) is 11.3 Å². The third-order valence-electron chi connectivity index (χ3n) is 4.75. The van der Waals surface area contributed by atoms with Crippen molar-refractivity contribution >= 4 is 35.0 Å². The van der Waals surface area contributed by atoms with Crippen LogP contribution in [0.3, 0.4) is 0 Å². The smallest absolute Gasteiger partial charge is 0.237 e. The number of nitriles is 1. The lowest BCUT2D eigenvalue weighted by atomic mass is 10.2. The van der Waals surface area contributed by atoms with Gasteiger partial charge in [0.2, 0.25) is 5.91 Å². The third kappa shape index (κ3) is 5.19. The molecule has 0 radical (unpaired) electrons. The first-order valence-electron chi connectivity index (χ1n) is 9.84. The van der Waals surface area contributed by atoms with Gasteiger partial charge in [-0.05, 0) is 50.1 Å². The SMILES string of the molecule is CC(Sc1nnc(COc2ccccc2Cl)n1C1CC1)C(=O)Nc1cccc(C#N)c1. The van der Waals surface area contributed by atoms with Gasteiger partial charge in [-0.3, -0.25) is 9.36 Å². The maximum Gasteiger partial charge on any atom is 0.237 e. The molecule has 1 aromatic heterocycles. The van der Waals surface area contributed by atoms with Crippen molar-refractivity contribution in [2.45, 2.75) is 42.8 Å². The number of nitrogens with zero attached hydrogens (tertiary/aromatic N) is 4. The molecule has 1 aliphatic rings. The Hall–Kier alpha value is -3.02. The molecule has 0 saturated heterocycles. The Morgan fingerprint density at radius 1 is 1.32 bits per heavy atom. The molecule has 0 aliphatic heterocycles. The summed E-state index contributed by atoms with van der Waals surface area (Å²) in [6, 6.07) is 16.5. The second-order valence-corrected chi connectivity index (χ2v) is 8.88. The van der Waals surface area contributed by atoms with Crippen LogP contribution in [0.25, 0.3) is 0 Å².